The second-order valence-corrected chi connectivity index (χ2v) is 4.91. The summed E-state index contributed by atoms with van der Waals surface area (Å²) in [6, 6.07) is 7.65. The van der Waals surface area contributed by atoms with Crippen molar-refractivity contribution in [1.82, 2.24) is 9.97 Å². The molecule has 7 heteroatoms. The summed E-state index contributed by atoms with van der Waals surface area (Å²) in [6.07, 6.45) is 2.77. The minimum Gasteiger partial charge on any atom is -0.476 e. The summed E-state index contributed by atoms with van der Waals surface area (Å²) in [5.41, 5.74) is 1.28. The molecule has 3 aromatic rings. The summed E-state index contributed by atoms with van der Waals surface area (Å²) in [6.45, 7) is 0. The normalized spacial score (nSPS) is 10.7. The van der Waals surface area contributed by atoms with Crippen LogP contribution in [0.2, 0.25) is 0 Å². The average molecular weight is 334 g/mol. The van der Waals surface area contributed by atoms with Crippen LogP contribution in [0.4, 0.5) is 11.7 Å². The molecule has 6 nitrogen and oxygen atoms in total. The number of para-hydroxylation sites is 1. The van der Waals surface area contributed by atoms with E-state index < -0.39 is 5.97 Å². The van der Waals surface area contributed by atoms with Gasteiger partial charge in [-0.05, 0) is 28.1 Å². The van der Waals surface area contributed by atoms with Gasteiger partial charge in [0.25, 0.3) is 6.01 Å². The van der Waals surface area contributed by atoms with Gasteiger partial charge in [0.2, 0.25) is 0 Å². The fourth-order valence-electron chi connectivity index (χ4n) is 1.78. The van der Waals surface area contributed by atoms with Crippen molar-refractivity contribution in [1.29, 1.82) is 0 Å². The number of nitrogens with zero attached hydrogens (tertiary/aromatic N) is 2. The number of fused-ring (bicyclic) bond motifs is 1. The quantitative estimate of drug-likeness (QED) is 0.763. The van der Waals surface area contributed by atoms with Crippen molar-refractivity contribution in [2.45, 2.75) is 0 Å². The monoisotopic (exact) mass is 333 g/mol. The van der Waals surface area contributed by atoms with Crippen LogP contribution in [0.1, 0.15) is 10.5 Å². The van der Waals surface area contributed by atoms with E-state index in [1.807, 2.05) is 24.3 Å². The maximum Gasteiger partial charge on any atom is 0.357 e. The van der Waals surface area contributed by atoms with Crippen LogP contribution in [0.5, 0.6) is 0 Å². The van der Waals surface area contributed by atoms with E-state index in [2.05, 4.69) is 31.2 Å². The Morgan fingerprint density at radius 2 is 2.25 bits per heavy atom. The van der Waals surface area contributed by atoms with Crippen LogP contribution in [0, 0.1) is 0 Å². The van der Waals surface area contributed by atoms with E-state index >= 15 is 0 Å². The van der Waals surface area contributed by atoms with Gasteiger partial charge in [-0.25, -0.2) is 4.79 Å². The largest absolute Gasteiger partial charge is 0.476 e. The minimum atomic E-state index is -1.14. The molecule has 100 valence electrons. The van der Waals surface area contributed by atoms with Crippen LogP contribution in [0.3, 0.4) is 0 Å². The summed E-state index contributed by atoms with van der Waals surface area (Å²) in [5, 5.41) is 12.7. The van der Waals surface area contributed by atoms with Gasteiger partial charge < -0.3 is 14.8 Å². The molecule has 3 rings (SSSR count). The number of aromatic nitrogens is 2. The maximum atomic E-state index is 10.7. The number of pyridine rings is 1. The number of oxazole rings is 1. The Kier molecular flexibility index (Phi) is 3.11. The highest BCUT2D eigenvalue weighted by atomic mass is 79.9. The molecule has 0 aliphatic carbocycles. The van der Waals surface area contributed by atoms with Crippen molar-refractivity contribution >= 4 is 44.5 Å². The predicted molar refractivity (Wildman–Crippen MR) is 76.2 cm³/mol. The number of rotatable bonds is 3. The van der Waals surface area contributed by atoms with Gasteiger partial charge in [-0.2, -0.15) is 4.98 Å². The first-order valence-corrected chi connectivity index (χ1v) is 6.43. The Labute approximate surface area is 121 Å². The molecule has 0 radical (unpaired) electrons. The van der Waals surface area contributed by atoms with Crippen LogP contribution in [0.15, 0.2) is 45.6 Å². The first kappa shape index (κ1) is 12.6. The third-order valence-electron chi connectivity index (χ3n) is 2.64. The van der Waals surface area contributed by atoms with Crippen LogP contribution in [-0.4, -0.2) is 21.0 Å². The lowest BCUT2D eigenvalue weighted by atomic mass is 10.2. The Bertz CT molecular complexity index is 800. The zero-order valence-corrected chi connectivity index (χ0v) is 11.6. The van der Waals surface area contributed by atoms with E-state index in [0.29, 0.717) is 5.69 Å². The zero-order valence-electron chi connectivity index (χ0n) is 10.0. The van der Waals surface area contributed by atoms with Gasteiger partial charge in [-0.1, -0.05) is 12.1 Å². The van der Waals surface area contributed by atoms with Crippen LogP contribution < -0.4 is 5.32 Å². The number of anilines is 2. The van der Waals surface area contributed by atoms with E-state index in [1.54, 1.807) is 6.20 Å². The molecule has 0 atom stereocenters. The Morgan fingerprint density at radius 1 is 1.40 bits per heavy atom. The molecule has 2 heterocycles. The Morgan fingerprint density at radius 3 is 3.00 bits per heavy atom. The predicted octanol–water partition coefficient (Wildman–Crippen LogP) is 3.43. The smallest absolute Gasteiger partial charge is 0.357 e. The number of halogens is 1. The Balaban J connectivity index is 1.99. The van der Waals surface area contributed by atoms with E-state index in [0.717, 1.165) is 21.6 Å². The van der Waals surface area contributed by atoms with Gasteiger partial charge in [-0.15, -0.1) is 0 Å². The van der Waals surface area contributed by atoms with Crippen LogP contribution in [-0.2, 0) is 0 Å². The van der Waals surface area contributed by atoms with Crippen molar-refractivity contribution in [3.8, 4) is 0 Å². The van der Waals surface area contributed by atoms with Gasteiger partial charge in [0, 0.05) is 16.1 Å². The third kappa shape index (κ3) is 2.35. The number of carboxylic acids is 1. The standard InChI is InChI=1S/C13H8BrN3O3/c14-8-4-7-2-1-3-9(11(7)15-5-8)16-13-17-10(6-20-13)12(18)19/h1-6H,(H,16,17)(H,18,19). The molecule has 20 heavy (non-hydrogen) atoms. The Hall–Kier alpha value is -2.41. The highest BCUT2D eigenvalue weighted by molar-refractivity contribution is 9.10. The van der Waals surface area contributed by atoms with E-state index in [1.165, 1.54) is 0 Å². The lowest BCUT2D eigenvalue weighted by molar-refractivity contribution is 0.0690. The number of hydrogen-bond acceptors (Lipinski definition) is 5. The molecule has 0 bridgehead atoms. The number of nitrogens with one attached hydrogen (secondary N) is 1. The highest BCUT2D eigenvalue weighted by Gasteiger charge is 2.11. The van der Waals surface area contributed by atoms with Crippen molar-refractivity contribution in [3.63, 3.8) is 0 Å². The fourth-order valence-corrected chi connectivity index (χ4v) is 2.13. The van der Waals surface area contributed by atoms with Gasteiger partial charge in [0.05, 0.1) is 11.2 Å². The highest BCUT2D eigenvalue weighted by Crippen LogP contribution is 2.26. The number of carbonyl (C=O) groups is 1. The molecule has 0 amide bonds. The van der Waals surface area contributed by atoms with E-state index in [9.17, 15) is 4.79 Å². The SMILES string of the molecule is O=C(O)c1coc(Nc2cccc3cc(Br)cnc23)n1. The van der Waals surface area contributed by atoms with Gasteiger partial charge in [-0.3, -0.25) is 4.98 Å². The molecular formula is C13H8BrN3O3. The maximum absolute atomic E-state index is 10.7. The number of hydrogen-bond donors (Lipinski definition) is 2. The minimum absolute atomic E-state index is 0.111. The summed E-state index contributed by atoms with van der Waals surface area (Å²) in [5.74, 6) is -1.14. The molecule has 1 aromatic carbocycles. The summed E-state index contributed by atoms with van der Waals surface area (Å²) in [4.78, 5) is 18.9. The summed E-state index contributed by atoms with van der Waals surface area (Å²) < 4.78 is 5.94. The van der Waals surface area contributed by atoms with Crippen LogP contribution in [0.25, 0.3) is 10.9 Å². The third-order valence-corrected chi connectivity index (χ3v) is 3.08. The van der Waals surface area contributed by atoms with Crippen LogP contribution >= 0.6 is 15.9 Å². The summed E-state index contributed by atoms with van der Waals surface area (Å²) >= 11 is 3.36. The van der Waals surface area contributed by atoms with E-state index in [4.69, 9.17) is 9.52 Å². The molecule has 0 unspecified atom stereocenters. The molecule has 0 fully saturated rings. The molecule has 2 aromatic heterocycles. The molecule has 0 aliphatic rings. The zero-order chi connectivity index (χ0) is 14.1. The van der Waals surface area contributed by atoms with E-state index in [-0.39, 0.29) is 11.7 Å². The van der Waals surface area contributed by atoms with Crippen molar-refractivity contribution in [2.24, 2.45) is 0 Å². The molecule has 0 spiro atoms. The van der Waals surface area contributed by atoms with Gasteiger partial charge in [0.1, 0.15) is 6.26 Å². The van der Waals surface area contributed by atoms with Crippen molar-refractivity contribution in [2.75, 3.05) is 5.32 Å². The average Bonchev–Trinajstić information content (AvgIpc) is 2.87. The topological polar surface area (TPSA) is 88.2 Å². The molecular weight excluding hydrogens is 326 g/mol. The number of aromatic carboxylic acids is 1. The molecule has 2 N–H and O–H groups in total. The molecule has 0 saturated heterocycles. The molecule has 0 aliphatic heterocycles. The summed E-state index contributed by atoms with van der Waals surface area (Å²) in [7, 11) is 0. The second kappa shape index (κ2) is 4.93. The number of benzene rings is 1. The van der Waals surface area contributed by atoms with Gasteiger partial charge >= 0.3 is 5.97 Å². The van der Waals surface area contributed by atoms with Crippen molar-refractivity contribution in [3.05, 3.63) is 46.9 Å². The lowest BCUT2D eigenvalue weighted by Gasteiger charge is -2.05. The fraction of sp³-hybridized carbons (Fsp3) is 0. The number of carboxylic acid groups (broad SMARTS) is 1. The van der Waals surface area contributed by atoms with Gasteiger partial charge in [0.15, 0.2) is 5.69 Å². The lowest BCUT2D eigenvalue weighted by Crippen LogP contribution is -1.97. The first-order valence-electron chi connectivity index (χ1n) is 5.63. The first-order chi connectivity index (χ1) is 9.63. The molecule has 0 saturated carbocycles. The van der Waals surface area contributed by atoms with Crippen molar-refractivity contribution < 1.29 is 14.3 Å². The second-order valence-electron chi connectivity index (χ2n) is 4.00.